The molecule has 0 aromatic rings. The molecule has 0 saturated heterocycles. The summed E-state index contributed by atoms with van der Waals surface area (Å²) in [6.07, 6.45) is 9.35. The van der Waals surface area contributed by atoms with E-state index in [9.17, 15) is 4.79 Å². The minimum absolute atomic E-state index is 0.177. The second kappa shape index (κ2) is 2.96. The molecule has 0 aliphatic heterocycles. The summed E-state index contributed by atoms with van der Waals surface area (Å²) in [6.45, 7) is 8.85. The lowest BCUT2D eigenvalue weighted by Gasteiger charge is -2.64. The summed E-state index contributed by atoms with van der Waals surface area (Å²) in [7, 11) is 0. The van der Waals surface area contributed by atoms with E-state index >= 15 is 0 Å². The van der Waals surface area contributed by atoms with E-state index in [-0.39, 0.29) is 5.41 Å². The van der Waals surface area contributed by atoms with Crippen LogP contribution in [0.25, 0.3) is 0 Å². The van der Waals surface area contributed by atoms with Crippen molar-refractivity contribution in [2.75, 3.05) is 0 Å². The number of carbonyl (C=O) groups excluding carboxylic acids is 1. The van der Waals surface area contributed by atoms with Crippen LogP contribution in [0.2, 0.25) is 0 Å². The SMILES string of the molecule is CC(C)(C=O)CC12C=CCC(C1)C2(C)C. The largest absolute Gasteiger partial charge is 0.303 e. The van der Waals surface area contributed by atoms with Gasteiger partial charge in [0.2, 0.25) is 0 Å². The molecule has 2 atom stereocenters. The Morgan fingerprint density at radius 1 is 1.47 bits per heavy atom. The monoisotopic (exact) mass is 206 g/mol. The van der Waals surface area contributed by atoms with E-state index in [1.807, 2.05) is 0 Å². The van der Waals surface area contributed by atoms with Gasteiger partial charge in [-0.25, -0.2) is 0 Å². The zero-order valence-electron chi connectivity index (χ0n) is 10.3. The molecule has 0 heterocycles. The van der Waals surface area contributed by atoms with Gasteiger partial charge in [-0.15, -0.1) is 0 Å². The molecule has 0 spiro atoms. The molecule has 2 bridgehead atoms. The lowest BCUT2D eigenvalue weighted by molar-refractivity contribution is -0.132. The van der Waals surface area contributed by atoms with Crippen LogP contribution >= 0.6 is 0 Å². The van der Waals surface area contributed by atoms with Crippen LogP contribution in [0, 0.1) is 22.2 Å². The van der Waals surface area contributed by atoms with Crippen molar-refractivity contribution in [2.45, 2.75) is 47.0 Å². The smallest absolute Gasteiger partial charge is 0.125 e. The molecule has 1 saturated carbocycles. The maximum absolute atomic E-state index is 11.0. The normalized spacial score (nSPS) is 37.2. The number of aldehydes is 1. The number of fused-ring (bicyclic) bond motifs is 1. The van der Waals surface area contributed by atoms with Crippen LogP contribution in [0.5, 0.6) is 0 Å². The fourth-order valence-electron chi connectivity index (χ4n) is 3.57. The molecule has 3 aliphatic rings. The van der Waals surface area contributed by atoms with Gasteiger partial charge in [-0.1, -0.05) is 39.8 Å². The fraction of sp³-hybridized carbons (Fsp3) is 0.786. The van der Waals surface area contributed by atoms with Crippen molar-refractivity contribution in [2.24, 2.45) is 22.2 Å². The molecule has 1 nitrogen and oxygen atoms in total. The van der Waals surface area contributed by atoms with Gasteiger partial charge in [0.25, 0.3) is 0 Å². The molecular weight excluding hydrogens is 184 g/mol. The first kappa shape index (κ1) is 10.9. The number of allylic oxidation sites excluding steroid dienone is 2. The Kier molecular flexibility index (Phi) is 2.15. The second-order valence-electron chi connectivity index (χ2n) is 6.70. The van der Waals surface area contributed by atoms with Gasteiger partial charge in [-0.2, -0.15) is 0 Å². The molecule has 0 radical (unpaired) electrons. The van der Waals surface area contributed by atoms with Crippen molar-refractivity contribution in [3.63, 3.8) is 0 Å². The van der Waals surface area contributed by atoms with Crippen molar-refractivity contribution >= 4 is 6.29 Å². The summed E-state index contributed by atoms with van der Waals surface area (Å²) in [5, 5.41) is 0. The molecule has 15 heavy (non-hydrogen) atoms. The van der Waals surface area contributed by atoms with Gasteiger partial charge < -0.3 is 4.79 Å². The first-order valence-corrected chi connectivity index (χ1v) is 5.97. The van der Waals surface area contributed by atoms with E-state index in [1.165, 1.54) is 12.8 Å². The summed E-state index contributed by atoms with van der Waals surface area (Å²) in [5.74, 6) is 0.838. The highest BCUT2D eigenvalue weighted by molar-refractivity contribution is 5.58. The average Bonchev–Trinajstić information content (AvgIpc) is 2.17. The van der Waals surface area contributed by atoms with Crippen molar-refractivity contribution in [1.82, 2.24) is 0 Å². The summed E-state index contributed by atoms with van der Waals surface area (Å²) in [5.41, 5.74) is 0.506. The minimum Gasteiger partial charge on any atom is -0.303 e. The molecule has 3 rings (SSSR count). The van der Waals surface area contributed by atoms with E-state index in [1.54, 1.807) is 0 Å². The molecule has 1 fully saturated rings. The van der Waals surface area contributed by atoms with Crippen LogP contribution < -0.4 is 0 Å². The van der Waals surface area contributed by atoms with Crippen molar-refractivity contribution in [1.29, 1.82) is 0 Å². The van der Waals surface area contributed by atoms with Gasteiger partial charge in [0.05, 0.1) is 0 Å². The zero-order valence-corrected chi connectivity index (χ0v) is 10.3. The molecule has 0 aromatic carbocycles. The first-order chi connectivity index (χ1) is 6.83. The Bertz CT molecular complexity index is 311. The minimum atomic E-state index is -0.177. The van der Waals surface area contributed by atoms with Crippen LogP contribution in [0.1, 0.15) is 47.0 Å². The van der Waals surface area contributed by atoms with Crippen molar-refractivity contribution < 1.29 is 4.79 Å². The third kappa shape index (κ3) is 1.39. The quantitative estimate of drug-likeness (QED) is 0.509. The molecule has 84 valence electrons. The van der Waals surface area contributed by atoms with Crippen molar-refractivity contribution in [3.8, 4) is 0 Å². The third-order valence-electron chi connectivity index (χ3n) is 4.86. The summed E-state index contributed by atoms with van der Waals surface area (Å²) >= 11 is 0. The molecular formula is C14H22O. The second-order valence-corrected chi connectivity index (χ2v) is 6.70. The van der Waals surface area contributed by atoms with Crippen LogP contribution in [0.3, 0.4) is 0 Å². The van der Waals surface area contributed by atoms with E-state index in [0.717, 1.165) is 18.6 Å². The fourth-order valence-corrected chi connectivity index (χ4v) is 3.57. The van der Waals surface area contributed by atoms with Crippen molar-refractivity contribution in [3.05, 3.63) is 12.2 Å². The van der Waals surface area contributed by atoms with E-state index in [4.69, 9.17) is 0 Å². The average molecular weight is 206 g/mol. The van der Waals surface area contributed by atoms with Crippen LogP contribution in [0.4, 0.5) is 0 Å². The highest BCUT2D eigenvalue weighted by atomic mass is 16.1. The molecule has 0 aromatic heterocycles. The molecule has 1 heteroatoms. The van der Waals surface area contributed by atoms with Crippen LogP contribution in [-0.2, 0) is 4.79 Å². The van der Waals surface area contributed by atoms with E-state index in [0.29, 0.717) is 10.8 Å². The Balaban J connectivity index is 2.24. The molecule has 3 aliphatic carbocycles. The van der Waals surface area contributed by atoms with Crippen LogP contribution in [-0.4, -0.2) is 6.29 Å². The molecule has 0 amide bonds. The number of carbonyl (C=O) groups is 1. The van der Waals surface area contributed by atoms with Gasteiger partial charge in [-0.3, -0.25) is 0 Å². The van der Waals surface area contributed by atoms with Gasteiger partial charge >= 0.3 is 0 Å². The molecule has 2 unspecified atom stereocenters. The number of hydrogen-bond donors (Lipinski definition) is 0. The standard InChI is InChI=1S/C14H22O/c1-12(2,10-15)9-14-7-5-6-11(8-14)13(14,3)4/h5,7,10-11H,6,8-9H2,1-4H3. The Labute approximate surface area is 92.9 Å². The van der Waals surface area contributed by atoms with E-state index in [2.05, 4.69) is 39.8 Å². The highest BCUT2D eigenvalue weighted by Crippen LogP contribution is 2.68. The highest BCUT2D eigenvalue weighted by Gasteiger charge is 2.60. The predicted molar refractivity (Wildman–Crippen MR) is 62.5 cm³/mol. The number of hydrogen-bond acceptors (Lipinski definition) is 1. The van der Waals surface area contributed by atoms with Gasteiger partial charge in [0.15, 0.2) is 0 Å². The van der Waals surface area contributed by atoms with Gasteiger partial charge in [0.1, 0.15) is 6.29 Å². The topological polar surface area (TPSA) is 17.1 Å². The lowest BCUT2D eigenvalue weighted by Crippen LogP contribution is -2.57. The summed E-state index contributed by atoms with van der Waals surface area (Å²) < 4.78 is 0. The Hall–Kier alpha value is -0.590. The first-order valence-electron chi connectivity index (χ1n) is 5.97. The molecule has 0 N–H and O–H groups in total. The van der Waals surface area contributed by atoms with Gasteiger partial charge in [0, 0.05) is 5.41 Å². The third-order valence-corrected chi connectivity index (χ3v) is 4.86. The van der Waals surface area contributed by atoms with Crippen LogP contribution in [0.15, 0.2) is 12.2 Å². The maximum Gasteiger partial charge on any atom is 0.125 e. The maximum atomic E-state index is 11.0. The summed E-state index contributed by atoms with van der Waals surface area (Å²) in [6, 6.07) is 0. The Morgan fingerprint density at radius 3 is 2.60 bits per heavy atom. The van der Waals surface area contributed by atoms with E-state index < -0.39 is 0 Å². The predicted octanol–water partition coefficient (Wildman–Crippen LogP) is 3.59. The van der Waals surface area contributed by atoms with Gasteiger partial charge in [-0.05, 0) is 36.0 Å². The Morgan fingerprint density at radius 2 is 2.13 bits per heavy atom. The number of rotatable bonds is 3. The lowest BCUT2D eigenvalue weighted by atomic mass is 9.40. The zero-order chi connectivity index (χ0) is 11.3. The summed E-state index contributed by atoms with van der Waals surface area (Å²) in [4.78, 5) is 11.0.